The maximum absolute atomic E-state index is 10.5. The van der Waals surface area contributed by atoms with E-state index in [-0.39, 0.29) is 0 Å². The van der Waals surface area contributed by atoms with Crippen LogP contribution in [0.15, 0.2) is 29.9 Å². The number of thiophene rings is 1. The van der Waals surface area contributed by atoms with Gasteiger partial charge in [0.05, 0.1) is 6.20 Å². The Kier molecular flexibility index (Phi) is 4.39. The van der Waals surface area contributed by atoms with Crippen molar-refractivity contribution in [2.75, 3.05) is 6.54 Å². The second kappa shape index (κ2) is 5.86. The van der Waals surface area contributed by atoms with Gasteiger partial charge in [0.2, 0.25) is 0 Å². The maximum atomic E-state index is 10.5. The SMILES string of the molecule is CCC(NCC(C)(O)c1cnn(C)c1)c1cccs1. The van der Waals surface area contributed by atoms with E-state index in [0.29, 0.717) is 12.6 Å². The number of hydrogen-bond acceptors (Lipinski definition) is 4. The van der Waals surface area contributed by atoms with Gasteiger partial charge in [-0.1, -0.05) is 13.0 Å². The second-order valence-electron chi connectivity index (χ2n) is 5.03. The van der Waals surface area contributed by atoms with Crippen LogP contribution in [0, 0.1) is 0 Å². The quantitative estimate of drug-likeness (QED) is 0.854. The lowest BCUT2D eigenvalue weighted by Gasteiger charge is -2.25. The van der Waals surface area contributed by atoms with Gasteiger partial charge in [-0.2, -0.15) is 5.10 Å². The molecule has 0 aromatic carbocycles. The van der Waals surface area contributed by atoms with Crippen molar-refractivity contribution < 1.29 is 5.11 Å². The van der Waals surface area contributed by atoms with Crippen LogP contribution in [-0.4, -0.2) is 21.4 Å². The molecule has 19 heavy (non-hydrogen) atoms. The number of aryl methyl sites for hydroxylation is 1. The highest BCUT2D eigenvalue weighted by atomic mass is 32.1. The third kappa shape index (κ3) is 3.43. The highest BCUT2D eigenvalue weighted by Gasteiger charge is 2.25. The third-order valence-corrected chi connectivity index (χ3v) is 4.30. The van der Waals surface area contributed by atoms with E-state index in [1.165, 1.54) is 4.88 Å². The summed E-state index contributed by atoms with van der Waals surface area (Å²) >= 11 is 1.75. The molecule has 2 aromatic rings. The molecule has 104 valence electrons. The maximum Gasteiger partial charge on any atom is 0.102 e. The summed E-state index contributed by atoms with van der Waals surface area (Å²) in [5, 5.41) is 20.2. The molecule has 2 atom stereocenters. The van der Waals surface area contributed by atoms with Crippen molar-refractivity contribution in [3.63, 3.8) is 0 Å². The summed E-state index contributed by atoms with van der Waals surface area (Å²) in [6.45, 7) is 4.48. The minimum Gasteiger partial charge on any atom is -0.384 e. The van der Waals surface area contributed by atoms with E-state index in [2.05, 4.69) is 34.9 Å². The van der Waals surface area contributed by atoms with Crippen molar-refractivity contribution in [1.82, 2.24) is 15.1 Å². The highest BCUT2D eigenvalue weighted by Crippen LogP contribution is 2.24. The Morgan fingerprint density at radius 3 is 2.89 bits per heavy atom. The van der Waals surface area contributed by atoms with E-state index in [4.69, 9.17) is 0 Å². The predicted octanol–water partition coefficient (Wildman–Crippen LogP) is 2.43. The van der Waals surface area contributed by atoms with E-state index in [1.807, 2.05) is 20.2 Å². The first-order chi connectivity index (χ1) is 9.03. The molecule has 2 heterocycles. The summed E-state index contributed by atoms with van der Waals surface area (Å²) < 4.78 is 1.71. The van der Waals surface area contributed by atoms with Crippen LogP contribution < -0.4 is 5.32 Å². The Hall–Kier alpha value is -1.17. The van der Waals surface area contributed by atoms with Crippen molar-refractivity contribution in [3.8, 4) is 0 Å². The number of hydrogen-bond donors (Lipinski definition) is 2. The molecule has 0 aliphatic carbocycles. The molecule has 2 aromatic heterocycles. The van der Waals surface area contributed by atoms with Crippen LogP contribution in [0.3, 0.4) is 0 Å². The van der Waals surface area contributed by atoms with Gasteiger partial charge >= 0.3 is 0 Å². The number of aliphatic hydroxyl groups is 1. The first-order valence-electron chi connectivity index (χ1n) is 6.51. The summed E-state index contributed by atoms with van der Waals surface area (Å²) in [6.07, 6.45) is 4.57. The predicted molar refractivity (Wildman–Crippen MR) is 78.1 cm³/mol. The summed E-state index contributed by atoms with van der Waals surface area (Å²) in [4.78, 5) is 1.31. The van der Waals surface area contributed by atoms with E-state index in [0.717, 1.165) is 12.0 Å². The molecule has 0 radical (unpaired) electrons. The Labute approximate surface area is 118 Å². The Morgan fingerprint density at radius 2 is 2.37 bits per heavy atom. The van der Waals surface area contributed by atoms with E-state index in [9.17, 15) is 5.11 Å². The van der Waals surface area contributed by atoms with E-state index < -0.39 is 5.60 Å². The fourth-order valence-electron chi connectivity index (χ4n) is 2.06. The van der Waals surface area contributed by atoms with Gasteiger partial charge in [0.25, 0.3) is 0 Å². The van der Waals surface area contributed by atoms with Crippen LogP contribution in [0.4, 0.5) is 0 Å². The molecule has 0 saturated heterocycles. The van der Waals surface area contributed by atoms with Crippen molar-refractivity contribution >= 4 is 11.3 Å². The summed E-state index contributed by atoms with van der Waals surface area (Å²) in [7, 11) is 1.85. The van der Waals surface area contributed by atoms with Crippen molar-refractivity contribution in [2.24, 2.45) is 7.05 Å². The molecule has 0 aliphatic rings. The largest absolute Gasteiger partial charge is 0.384 e. The molecular weight excluding hydrogens is 258 g/mol. The molecule has 0 aliphatic heterocycles. The molecule has 0 saturated carbocycles. The molecule has 2 rings (SSSR count). The number of rotatable bonds is 6. The fourth-order valence-corrected chi connectivity index (χ4v) is 2.94. The summed E-state index contributed by atoms with van der Waals surface area (Å²) in [5.41, 5.74) is -0.0672. The Balaban J connectivity index is 2.00. The highest BCUT2D eigenvalue weighted by molar-refractivity contribution is 7.10. The van der Waals surface area contributed by atoms with Crippen LogP contribution in [0.2, 0.25) is 0 Å². The Morgan fingerprint density at radius 1 is 1.58 bits per heavy atom. The van der Waals surface area contributed by atoms with Crippen molar-refractivity contribution in [2.45, 2.75) is 31.9 Å². The van der Waals surface area contributed by atoms with Gasteiger partial charge in [-0.05, 0) is 24.8 Å². The summed E-state index contributed by atoms with van der Waals surface area (Å²) in [5.74, 6) is 0. The van der Waals surface area contributed by atoms with Crippen LogP contribution in [0.5, 0.6) is 0 Å². The molecule has 2 unspecified atom stereocenters. The molecule has 0 fully saturated rings. The molecule has 4 nitrogen and oxygen atoms in total. The smallest absolute Gasteiger partial charge is 0.102 e. The van der Waals surface area contributed by atoms with Gasteiger partial charge < -0.3 is 10.4 Å². The standard InChI is InChI=1S/C14H21N3OS/c1-4-12(13-6-5-7-19-13)15-10-14(2,18)11-8-16-17(3)9-11/h5-9,12,15,18H,4,10H2,1-3H3. The topological polar surface area (TPSA) is 50.1 Å². The normalized spacial score (nSPS) is 16.2. The molecular formula is C14H21N3OS. The fraction of sp³-hybridized carbons (Fsp3) is 0.500. The molecule has 0 bridgehead atoms. The molecule has 0 amide bonds. The average molecular weight is 279 g/mol. The van der Waals surface area contributed by atoms with Crippen molar-refractivity contribution in [1.29, 1.82) is 0 Å². The van der Waals surface area contributed by atoms with Gasteiger partial charge in [-0.25, -0.2) is 0 Å². The second-order valence-corrected chi connectivity index (χ2v) is 6.01. The lowest BCUT2D eigenvalue weighted by atomic mass is 9.99. The zero-order valence-corrected chi connectivity index (χ0v) is 12.4. The van der Waals surface area contributed by atoms with E-state index >= 15 is 0 Å². The van der Waals surface area contributed by atoms with Gasteiger partial charge in [-0.3, -0.25) is 4.68 Å². The summed E-state index contributed by atoms with van der Waals surface area (Å²) in [6, 6.07) is 4.48. The van der Waals surface area contributed by atoms with Crippen LogP contribution in [0.25, 0.3) is 0 Å². The minimum atomic E-state index is -0.904. The van der Waals surface area contributed by atoms with Gasteiger partial charge in [-0.15, -0.1) is 11.3 Å². The zero-order chi connectivity index (χ0) is 13.9. The van der Waals surface area contributed by atoms with Gasteiger partial charge in [0.1, 0.15) is 5.60 Å². The number of nitrogens with zero attached hydrogens (tertiary/aromatic N) is 2. The Bertz CT molecular complexity index is 505. The lowest BCUT2D eigenvalue weighted by Crippen LogP contribution is -2.36. The van der Waals surface area contributed by atoms with Crippen molar-refractivity contribution in [3.05, 3.63) is 40.3 Å². The van der Waals surface area contributed by atoms with E-state index in [1.54, 1.807) is 22.2 Å². The lowest BCUT2D eigenvalue weighted by molar-refractivity contribution is 0.0536. The molecule has 2 N–H and O–H groups in total. The van der Waals surface area contributed by atoms with Crippen LogP contribution in [-0.2, 0) is 12.6 Å². The minimum absolute atomic E-state index is 0.295. The number of aromatic nitrogens is 2. The first-order valence-corrected chi connectivity index (χ1v) is 7.39. The molecule has 0 spiro atoms. The van der Waals surface area contributed by atoms with Gasteiger partial charge in [0, 0.05) is 36.3 Å². The monoisotopic (exact) mass is 279 g/mol. The first kappa shape index (κ1) is 14.2. The third-order valence-electron chi connectivity index (χ3n) is 3.31. The number of nitrogens with one attached hydrogen (secondary N) is 1. The zero-order valence-electron chi connectivity index (χ0n) is 11.6. The van der Waals surface area contributed by atoms with Gasteiger partial charge in [0.15, 0.2) is 0 Å². The average Bonchev–Trinajstić information content (AvgIpc) is 3.01. The van der Waals surface area contributed by atoms with Crippen LogP contribution >= 0.6 is 11.3 Å². The molecule has 5 heteroatoms. The van der Waals surface area contributed by atoms with Crippen LogP contribution in [0.1, 0.15) is 36.8 Å².